The molecule has 1 aromatic carbocycles. The monoisotopic (exact) mass is 293 g/mol. The number of aromatic hydroxyl groups is 1. The van der Waals surface area contributed by atoms with E-state index in [1.165, 1.54) is 7.11 Å². The van der Waals surface area contributed by atoms with Gasteiger partial charge >= 0.3 is 5.97 Å². The number of ether oxygens (including phenoxy) is 1. The van der Waals surface area contributed by atoms with Crippen molar-refractivity contribution in [2.45, 2.75) is 26.3 Å². The van der Waals surface area contributed by atoms with Gasteiger partial charge in [-0.05, 0) is 31.0 Å². The van der Waals surface area contributed by atoms with Crippen molar-refractivity contribution in [1.82, 2.24) is 4.90 Å². The van der Waals surface area contributed by atoms with Gasteiger partial charge < -0.3 is 14.9 Å². The molecule has 0 saturated heterocycles. The van der Waals surface area contributed by atoms with Crippen molar-refractivity contribution < 1.29 is 19.7 Å². The maximum Gasteiger partial charge on any atom is 0.317 e. The Hall–Kier alpha value is -2.01. The van der Waals surface area contributed by atoms with Crippen LogP contribution in [0.2, 0.25) is 0 Å². The van der Waals surface area contributed by atoms with Crippen LogP contribution in [0.15, 0.2) is 24.8 Å². The molecule has 0 aliphatic carbocycles. The molecule has 0 atom stereocenters. The van der Waals surface area contributed by atoms with Crippen LogP contribution in [0.4, 0.5) is 0 Å². The third-order valence-electron chi connectivity index (χ3n) is 3.10. The number of methoxy groups -OCH3 is 1. The highest BCUT2D eigenvalue weighted by molar-refractivity contribution is 5.69. The predicted molar refractivity (Wildman–Crippen MR) is 81.8 cm³/mol. The first-order valence-corrected chi connectivity index (χ1v) is 6.95. The first-order valence-electron chi connectivity index (χ1n) is 6.95. The van der Waals surface area contributed by atoms with E-state index in [2.05, 4.69) is 6.58 Å². The predicted octanol–water partition coefficient (Wildman–Crippen LogP) is 2.43. The SMILES string of the molecule is C=CCc1cc(CN(CCC)CC(=O)O)cc(OC)c1O. The molecule has 0 heterocycles. The first kappa shape index (κ1) is 17.0. The van der Waals surface area contributed by atoms with Gasteiger partial charge in [0.2, 0.25) is 0 Å². The van der Waals surface area contributed by atoms with Gasteiger partial charge in [0.1, 0.15) is 0 Å². The maximum absolute atomic E-state index is 10.9. The molecule has 0 radical (unpaired) electrons. The van der Waals surface area contributed by atoms with E-state index in [4.69, 9.17) is 9.84 Å². The molecule has 1 rings (SSSR count). The Morgan fingerprint density at radius 2 is 2.19 bits per heavy atom. The van der Waals surface area contributed by atoms with Gasteiger partial charge in [-0.25, -0.2) is 0 Å². The van der Waals surface area contributed by atoms with Crippen molar-refractivity contribution in [1.29, 1.82) is 0 Å². The van der Waals surface area contributed by atoms with E-state index in [0.29, 0.717) is 25.3 Å². The van der Waals surface area contributed by atoms with Crippen LogP contribution in [0.3, 0.4) is 0 Å². The van der Waals surface area contributed by atoms with E-state index in [0.717, 1.165) is 17.5 Å². The summed E-state index contributed by atoms with van der Waals surface area (Å²) in [4.78, 5) is 12.8. The van der Waals surface area contributed by atoms with E-state index in [1.54, 1.807) is 12.1 Å². The summed E-state index contributed by atoms with van der Waals surface area (Å²) in [5.41, 5.74) is 1.64. The molecule has 0 amide bonds. The number of rotatable bonds is 9. The molecule has 0 saturated carbocycles. The molecular weight excluding hydrogens is 270 g/mol. The zero-order chi connectivity index (χ0) is 15.8. The number of hydrogen-bond donors (Lipinski definition) is 2. The molecular formula is C16H23NO4. The van der Waals surface area contributed by atoms with Crippen LogP contribution in [0.25, 0.3) is 0 Å². The molecule has 21 heavy (non-hydrogen) atoms. The smallest absolute Gasteiger partial charge is 0.317 e. The summed E-state index contributed by atoms with van der Waals surface area (Å²) in [7, 11) is 1.50. The standard InChI is InChI=1S/C16H23NO4/c1-4-6-13-8-12(9-14(21-3)16(13)20)10-17(7-5-2)11-15(18)19/h4,8-9,20H,1,5-7,10-11H2,2-3H3,(H,18,19). The van der Waals surface area contributed by atoms with Gasteiger partial charge in [-0.2, -0.15) is 0 Å². The average molecular weight is 293 g/mol. The average Bonchev–Trinajstić information content (AvgIpc) is 2.42. The van der Waals surface area contributed by atoms with Crippen LogP contribution in [-0.4, -0.2) is 41.3 Å². The maximum atomic E-state index is 10.9. The number of hydrogen-bond acceptors (Lipinski definition) is 4. The molecule has 1 aromatic rings. The molecule has 0 aliphatic heterocycles. The van der Waals surface area contributed by atoms with Gasteiger partial charge in [0.05, 0.1) is 13.7 Å². The minimum atomic E-state index is -0.847. The topological polar surface area (TPSA) is 70.0 Å². The number of carboxylic acid groups (broad SMARTS) is 1. The third-order valence-corrected chi connectivity index (χ3v) is 3.10. The minimum absolute atomic E-state index is 0.00613. The zero-order valence-electron chi connectivity index (χ0n) is 12.6. The quantitative estimate of drug-likeness (QED) is 0.684. The highest BCUT2D eigenvalue weighted by atomic mass is 16.5. The van der Waals surface area contributed by atoms with Gasteiger partial charge in [0.25, 0.3) is 0 Å². The fourth-order valence-electron chi connectivity index (χ4n) is 2.27. The first-order chi connectivity index (χ1) is 10.0. The number of nitrogens with zero attached hydrogens (tertiary/aromatic N) is 1. The number of carbonyl (C=O) groups is 1. The second kappa shape index (κ2) is 8.32. The molecule has 0 spiro atoms. The lowest BCUT2D eigenvalue weighted by atomic mass is 10.1. The summed E-state index contributed by atoms with van der Waals surface area (Å²) < 4.78 is 5.18. The molecule has 5 heteroatoms. The van der Waals surface area contributed by atoms with Crippen LogP contribution in [0.1, 0.15) is 24.5 Å². The van der Waals surface area contributed by atoms with Gasteiger partial charge in [-0.1, -0.05) is 19.1 Å². The van der Waals surface area contributed by atoms with Crippen molar-refractivity contribution in [2.24, 2.45) is 0 Å². The summed E-state index contributed by atoms with van der Waals surface area (Å²) in [6, 6.07) is 3.61. The summed E-state index contributed by atoms with van der Waals surface area (Å²) in [6.45, 7) is 6.88. The molecule has 0 unspecified atom stereocenters. The fraction of sp³-hybridized carbons (Fsp3) is 0.438. The Labute approximate surface area is 125 Å². The lowest BCUT2D eigenvalue weighted by molar-refractivity contribution is -0.138. The number of aliphatic carboxylic acids is 1. The molecule has 5 nitrogen and oxygen atoms in total. The van der Waals surface area contributed by atoms with E-state index >= 15 is 0 Å². The zero-order valence-corrected chi connectivity index (χ0v) is 12.6. The number of phenols is 1. The Kier molecular flexibility index (Phi) is 6.75. The molecule has 0 bridgehead atoms. The minimum Gasteiger partial charge on any atom is -0.504 e. The fourth-order valence-corrected chi connectivity index (χ4v) is 2.27. The normalized spacial score (nSPS) is 10.6. The molecule has 0 aliphatic rings. The number of allylic oxidation sites excluding steroid dienone is 1. The summed E-state index contributed by atoms with van der Waals surface area (Å²) in [5.74, 6) is -0.335. The van der Waals surface area contributed by atoms with Crippen molar-refractivity contribution in [3.05, 3.63) is 35.9 Å². The van der Waals surface area contributed by atoms with E-state index < -0.39 is 5.97 Å². The van der Waals surface area contributed by atoms with Crippen molar-refractivity contribution in [3.63, 3.8) is 0 Å². The molecule has 0 fully saturated rings. The van der Waals surface area contributed by atoms with Crippen LogP contribution >= 0.6 is 0 Å². The summed E-state index contributed by atoms with van der Waals surface area (Å²) in [6.07, 6.45) is 3.12. The van der Waals surface area contributed by atoms with E-state index in [-0.39, 0.29) is 12.3 Å². The van der Waals surface area contributed by atoms with Crippen LogP contribution in [0.5, 0.6) is 11.5 Å². The molecule has 0 aromatic heterocycles. The van der Waals surface area contributed by atoms with Crippen LogP contribution in [-0.2, 0) is 17.8 Å². The lowest BCUT2D eigenvalue weighted by Crippen LogP contribution is -2.30. The highest BCUT2D eigenvalue weighted by Crippen LogP contribution is 2.32. The Morgan fingerprint density at radius 1 is 1.48 bits per heavy atom. The molecule has 2 N–H and O–H groups in total. The Bertz CT molecular complexity index is 499. The van der Waals surface area contributed by atoms with Crippen molar-refractivity contribution in [2.75, 3.05) is 20.2 Å². The van der Waals surface area contributed by atoms with Gasteiger partial charge in [0.15, 0.2) is 11.5 Å². The Morgan fingerprint density at radius 3 is 2.71 bits per heavy atom. The summed E-state index contributed by atoms with van der Waals surface area (Å²) >= 11 is 0. The van der Waals surface area contributed by atoms with Crippen LogP contribution in [0, 0.1) is 0 Å². The lowest BCUT2D eigenvalue weighted by Gasteiger charge is -2.20. The number of carboxylic acids is 1. The van der Waals surface area contributed by atoms with Gasteiger partial charge in [0, 0.05) is 12.1 Å². The summed E-state index contributed by atoms with van der Waals surface area (Å²) in [5, 5.41) is 19.0. The van der Waals surface area contributed by atoms with Gasteiger partial charge in [-0.3, -0.25) is 9.69 Å². The second-order valence-electron chi connectivity index (χ2n) is 4.90. The number of benzene rings is 1. The van der Waals surface area contributed by atoms with E-state index in [1.807, 2.05) is 17.9 Å². The van der Waals surface area contributed by atoms with Gasteiger partial charge in [-0.15, -0.1) is 6.58 Å². The molecule has 116 valence electrons. The Balaban J connectivity index is 3.01. The largest absolute Gasteiger partial charge is 0.504 e. The second-order valence-corrected chi connectivity index (χ2v) is 4.90. The van der Waals surface area contributed by atoms with Crippen LogP contribution < -0.4 is 4.74 Å². The number of phenolic OH excluding ortho intramolecular Hbond substituents is 1. The third kappa shape index (κ3) is 5.11. The highest BCUT2D eigenvalue weighted by Gasteiger charge is 2.14. The van der Waals surface area contributed by atoms with E-state index in [9.17, 15) is 9.90 Å². The van der Waals surface area contributed by atoms with Crippen molar-refractivity contribution >= 4 is 5.97 Å². The van der Waals surface area contributed by atoms with Crippen molar-refractivity contribution in [3.8, 4) is 11.5 Å².